The van der Waals surface area contributed by atoms with E-state index in [4.69, 9.17) is 9.97 Å². The molecule has 0 radical (unpaired) electrons. The van der Waals surface area contributed by atoms with Gasteiger partial charge < -0.3 is 9.97 Å². The summed E-state index contributed by atoms with van der Waals surface area (Å²) < 4.78 is 0. The zero-order valence-electron chi connectivity index (χ0n) is 31.4. The molecule has 5 aromatic carbocycles. The number of H-pyrrole nitrogens is 2. The van der Waals surface area contributed by atoms with E-state index >= 15 is 0 Å². The number of hydrogen-bond donors (Lipinski definition) is 2. The molecular formula is C53H36N4O. The van der Waals surface area contributed by atoms with E-state index in [1.165, 1.54) is 0 Å². The average molecular weight is 745 g/mol. The smallest absolute Gasteiger partial charge is 0.150 e. The molecule has 8 aromatic rings. The van der Waals surface area contributed by atoms with Crippen LogP contribution in [-0.2, 0) is 0 Å². The first-order valence-electron chi connectivity index (χ1n) is 19.4. The number of aromatic amines is 2. The maximum absolute atomic E-state index is 11.7. The number of aromatic nitrogens is 4. The fraction of sp³-hybridized carbons (Fsp3) is 0. The SMILES string of the molecule is O=Cc1cccc(/C=C\C2=Cc3nc2c(-c2ccccc2)c2ccc([nH]2)c(-c2ccccc2)c2nc(c(-c4ccccc4)c4ccc([nH]4)c3-c3ccccc3)C=C2)c1. The molecule has 3 aromatic heterocycles. The Morgan fingerprint density at radius 2 is 0.828 bits per heavy atom. The summed E-state index contributed by atoms with van der Waals surface area (Å²) in [5, 5.41) is 0. The third-order valence-corrected chi connectivity index (χ3v) is 10.6. The van der Waals surface area contributed by atoms with Crippen LogP contribution in [0.2, 0.25) is 0 Å². The van der Waals surface area contributed by atoms with Crippen molar-refractivity contribution in [2.45, 2.75) is 0 Å². The molecule has 2 aliphatic rings. The average Bonchev–Trinajstić information content (AvgIpc) is 4.12. The minimum absolute atomic E-state index is 0.627. The lowest BCUT2D eigenvalue weighted by Gasteiger charge is -2.08. The van der Waals surface area contributed by atoms with Crippen molar-refractivity contribution in [3.8, 4) is 44.5 Å². The van der Waals surface area contributed by atoms with Gasteiger partial charge >= 0.3 is 0 Å². The summed E-state index contributed by atoms with van der Waals surface area (Å²) in [6.07, 6.45) is 11.5. The molecule has 0 spiro atoms. The van der Waals surface area contributed by atoms with Crippen LogP contribution in [-0.4, -0.2) is 26.2 Å². The maximum Gasteiger partial charge on any atom is 0.150 e. The van der Waals surface area contributed by atoms with Crippen molar-refractivity contribution in [3.05, 3.63) is 210 Å². The largest absolute Gasteiger partial charge is 0.354 e. The number of benzene rings is 5. The number of carbonyl (C=O) groups excluding carboxylic acids is 1. The Hall–Kier alpha value is -7.89. The third-order valence-electron chi connectivity index (χ3n) is 10.6. The fourth-order valence-corrected chi connectivity index (χ4v) is 7.99. The van der Waals surface area contributed by atoms with E-state index in [1.54, 1.807) is 0 Å². The molecule has 10 rings (SSSR count). The molecule has 8 bridgehead atoms. The zero-order valence-corrected chi connectivity index (χ0v) is 31.4. The van der Waals surface area contributed by atoms with Gasteiger partial charge in [-0.3, -0.25) is 4.79 Å². The summed E-state index contributed by atoms with van der Waals surface area (Å²) in [6.45, 7) is 0. The summed E-state index contributed by atoms with van der Waals surface area (Å²) in [6, 6.07) is 58.0. The first-order valence-corrected chi connectivity index (χ1v) is 19.4. The van der Waals surface area contributed by atoms with Gasteiger partial charge in [0.1, 0.15) is 6.29 Å². The summed E-state index contributed by atoms with van der Waals surface area (Å²) in [4.78, 5) is 30.4. The van der Waals surface area contributed by atoms with Gasteiger partial charge in [0.05, 0.1) is 22.8 Å². The van der Waals surface area contributed by atoms with Gasteiger partial charge in [0.15, 0.2) is 0 Å². The standard InChI is InChI=1S/C53H36N4O/c58-34-36-15-13-14-35(32-36)24-25-41-33-48-51(39-20-9-3-10-21-39)46-29-28-44(55-46)49(37-16-5-1-6-17-37)42-26-27-43(54-42)50(38-18-7-2-8-19-38)45-30-31-47(56-45)52(53(41)57-48)40-22-11-4-12-23-40/h1-34,55-56H/b25-24-,49-42?,49-44?,50-43?,50-45?,51-46?,51-48?,52-47?,53-52?. The molecule has 5 heterocycles. The Labute approximate surface area is 336 Å². The first-order chi connectivity index (χ1) is 28.7. The van der Waals surface area contributed by atoms with Crippen LogP contribution >= 0.6 is 0 Å². The van der Waals surface area contributed by atoms with E-state index in [0.29, 0.717) is 5.56 Å². The number of rotatable bonds is 7. The second-order valence-electron chi connectivity index (χ2n) is 14.3. The molecule has 2 N–H and O–H groups in total. The Balaban J connectivity index is 1.38. The molecule has 58 heavy (non-hydrogen) atoms. The van der Waals surface area contributed by atoms with Crippen LogP contribution in [0.15, 0.2) is 176 Å². The van der Waals surface area contributed by atoms with Crippen molar-refractivity contribution >= 4 is 58.2 Å². The number of aldehydes is 1. The van der Waals surface area contributed by atoms with Crippen molar-refractivity contribution < 1.29 is 4.79 Å². The second-order valence-corrected chi connectivity index (χ2v) is 14.3. The third kappa shape index (κ3) is 6.51. The van der Waals surface area contributed by atoms with E-state index in [9.17, 15) is 4.79 Å². The number of allylic oxidation sites excluding steroid dienone is 2. The van der Waals surface area contributed by atoms with E-state index in [1.807, 2.05) is 48.5 Å². The van der Waals surface area contributed by atoms with Crippen LogP contribution < -0.4 is 0 Å². The van der Waals surface area contributed by atoms with Gasteiger partial charge in [-0.25, -0.2) is 9.97 Å². The second kappa shape index (κ2) is 15.0. The Morgan fingerprint density at radius 3 is 1.31 bits per heavy atom. The normalized spacial score (nSPS) is 12.2. The molecule has 0 saturated heterocycles. The van der Waals surface area contributed by atoms with Gasteiger partial charge in [-0.1, -0.05) is 152 Å². The highest BCUT2D eigenvalue weighted by molar-refractivity contribution is 6.04. The lowest BCUT2D eigenvalue weighted by atomic mass is 9.98. The quantitative estimate of drug-likeness (QED) is 0.160. The zero-order chi connectivity index (χ0) is 38.8. The van der Waals surface area contributed by atoms with E-state index in [-0.39, 0.29) is 0 Å². The fourth-order valence-electron chi connectivity index (χ4n) is 7.99. The predicted molar refractivity (Wildman–Crippen MR) is 240 cm³/mol. The number of carbonyl (C=O) groups is 1. The van der Waals surface area contributed by atoms with Crippen LogP contribution in [0.5, 0.6) is 0 Å². The van der Waals surface area contributed by atoms with Crippen LogP contribution in [0.25, 0.3) is 96.5 Å². The van der Waals surface area contributed by atoms with Gasteiger partial charge in [-0.05, 0) is 76.4 Å². The molecule has 274 valence electrons. The van der Waals surface area contributed by atoms with E-state index in [2.05, 4.69) is 162 Å². The topological polar surface area (TPSA) is 74.4 Å². The number of nitrogens with one attached hydrogen (secondary N) is 2. The van der Waals surface area contributed by atoms with Crippen LogP contribution in [0.4, 0.5) is 0 Å². The van der Waals surface area contributed by atoms with Crippen LogP contribution in [0.3, 0.4) is 0 Å². The maximum atomic E-state index is 11.7. The van der Waals surface area contributed by atoms with E-state index in [0.717, 1.165) is 107 Å². The van der Waals surface area contributed by atoms with Crippen LogP contribution in [0, 0.1) is 0 Å². The number of hydrogen-bond acceptors (Lipinski definition) is 3. The number of fused-ring (bicyclic) bond motifs is 8. The minimum Gasteiger partial charge on any atom is -0.354 e. The van der Waals surface area contributed by atoms with Gasteiger partial charge in [0.2, 0.25) is 0 Å². The Morgan fingerprint density at radius 1 is 0.397 bits per heavy atom. The van der Waals surface area contributed by atoms with Crippen molar-refractivity contribution in [2.24, 2.45) is 0 Å². The molecule has 0 unspecified atom stereocenters. The van der Waals surface area contributed by atoms with Crippen molar-refractivity contribution in [2.75, 3.05) is 0 Å². The first kappa shape index (κ1) is 34.6. The van der Waals surface area contributed by atoms with Crippen molar-refractivity contribution in [1.29, 1.82) is 0 Å². The molecule has 5 heteroatoms. The Kier molecular flexibility index (Phi) is 8.93. The van der Waals surface area contributed by atoms with Crippen molar-refractivity contribution in [1.82, 2.24) is 19.9 Å². The monoisotopic (exact) mass is 744 g/mol. The molecule has 0 atom stereocenters. The highest BCUT2D eigenvalue weighted by atomic mass is 16.1. The van der Waals surface area contributed by atoms with Gasteiger partial charge in [-0.15, -0.1) is 0 Å². The highest BCUT2D eigenvalue weighted by Gasteiger charge is 2.21. The molecule has 5 nitrogen and oxygen atoms in total. The molecule has 0 aliphatic carbocycles. The summed E-state index contributed by atoms with van der Waals surface area (Å²) in [5.74, 6) is 0. The summed E-state index contributed by atoms with van der Waals surface area (Å²) in [7, 11) is 0. The molecule has 0 fully saturated rings. The van der Waals surface area contributed by atoms with Crippen molar-refractivity contribution in [3.63, 3.8) is 0 Å². The highest BCUT2D eigenvalue weighted by Crippen LogP contribution is 2.40. The summed E-state index contributed by atoms with van der Waals surface area (Å²) in [5.41, 5.74) is 17.8. The van der Waals surface area contributed by atoms with Gasteiger partial charge in [-0.2, -0.15) is 0 Å². The minimum atomic E-state index is 0.627. The molecule has 2 aliphatic heterocycles. The molecular weight excluding hydrogens is 709 g/mol. The van der Waals surface area contributed by atoms with E-state index < -0.39 is 0 Å². The predicted octanol–water partition coefficient (Wildman–Crippen LogP) is 13.2. The van der Waals surface area contributed by atoms with Gasteiger partial charge in [0.25, 0.3) is 0 Å². The molecule has 0 amide bonds. The number of nitrogens with zero attached hydrogens (tertiary/aromatic N) is 2. The lowest BCUT2D eigenvalue weighted by molar-refractivity contribution is 0.112. The summed E-state index contributed by atoms with van der Waals surface area (Å²) >= 11 is 0. The molecule has 0 saturated carbocycles. The van der Waals surface area contributed by atoms with Gasteiger partial charge in [0, 0.05) is 55.5 Å². The lowest BCUT2D eigenvalue weighted by Crippen LogP contribution is -1.90. The van der Waals surface area contributed by atoms with Crippen LogP contribution in [0.1, 0.15) is 38.7 Å². The Bertz CT molecular complexity index is 3100.